The van der Waals surface area contributed by atoms with Gasteiger partial charge in [0.1, 0.15) is 6.54 Å². The van der Waals surface area contributed by atoms with Crippen LogP contribution < -0.4 is 9.62 Å². The summed E-state index contributed by atoms with van der Waals surface area (Å²) in [6.07, 6.45) is -4.22. The van der Waals surface area contributed by atoms with E-state index in [-0.39, 0.29) is 9.92 Å². The topological polar surface area (TPSA) is 66.5 Å². The summed E-state index contributed by atoms with van der Waals surface area (Å²) in [7, 11) is -4.43. The van der Waals surface area contributed by atoms with E-state index in [1.807, 2.05) is 39.0 Å². The van der Waals surface area contributed by atoms with Gasteiger partial charge in [-0.1, -0.05) is 54.9 Å². The third-order valence-corrected chi connectivity index (χ3v) is 7.93. The van der Waals surface area contributed by atoms with Gasteiger partial charge in [-0.25, -0.2) is 8.42 Å². The number of amides is 1. The molecule has 1 N–H and O–H groups in total. The highest BCUT2D eigenvalue weighted by molar-refractivity contribution is 7.92. The Morgan fingerprint density at radius 1 is 1.00 bits per heavy atom. The van der Waals surface area contributed by atoms with Crippen molar-refractivity contribution in [3.63, 3.8) is 0 Å². The molecule has 0 saturated heterocycles. The Balaban J connectivity index is 2.02. The van der Waals surface area contributed by atoms with Crippen molar-refractivity contribution in [3.8, 4) is 0 Å². The van der Waals surface area contributed by atoms with E-state index in [4.69, 9.17) is 11.6 Å². The van der Waals surface area contributed by atoms with Crippen LogP contribution >= 0.6 is 11.6 Å². The molecule has 0 spiro atoms. The van der Waals surface area contributed by atoms with Crippen LogP contribution in [-0.2, 0) is 21.0 Å². The van der Waals surface area contributed by atoms with Gasteiger partial charge in [-0.05, 0) is 67.3 Å². The second-order valence-corrected chi connectivity index (χ2v) is 10.6. The maximum Gasteiger partial charge on any atom is 0.416 e. The van der Waals surface area contributed by atoms with Gasteiger partial charge < -0.3 is 5.32 Å². The summed E-state index contributed by atoms with van der Waals surface area (Å²) in [5.74, 6) is -0.687. The van der Waals surface area contributed by atoms with E-state index in [9.17, 15) is 26.4 Å². The zero-order valence-electron chi connectivity index (χ0n) is 19.9. The molecule has 0 aliphatic rings. The Morgan fingerprint density at radius 2 is 1.67 bits per heavy atom. The number of carbonyl (C=O) groups excluding carboxylic acids is 1. The lowest BCUT2D eigenvalue weighted by Gasteiger charge is -2.27. The summed E-state index contributed by atoms with van der Waals surface area (Å²) in [5, 5.41) is 2.57. The minimum Gasteiger partial charge on any atom is -0.348 e. The summed E-state index contributed by atoms with van der Waals surface area (Å²) in [6.45, 7) is 5.00. The molecular weight excluding hydrogens is 513 g/mol. The molecule has 0 saturated carbocycles. The molecule has 0 bridgehead atoms. The largest absolute Gasteiger partial charge is 0.416 e. The van der Waals surface area contributed by atoms with Crippen molar-refractivity contribution >= 4 is 33.2 Å². The molecule has 192 valence electrons. The van der Waals surface area contributed by atoms with Crippen molar-refractivity contribution in [3.05, 3.63) is 94.0 Å². The fourth-order valence-corrected chi connectivity index (χ4v) is 5.39. The number of halogens is 4. The van der Waals surface area contributed by atoms with Crippen molar-refractivity contribution in [2.45, 2.75) is 44.3 Å². The number of sulfonamides is 1. The Bertz CT molecular complexity index is 1350. The van der Waals surface area contributed by atoms with Crippen LogP contribution in [0.25, 0.3) is 0 Å². The van der Waals surface area contributed by atoms with Gasteiger partial charge in [-0.3, -0.25) is 9.10 Å². The first kappa shape index (κ1) is 27.5. The van der Waals surface area contributed by atoms with Gasteiger partial charge >= 0.3 is 6.18 Å². The number of rotatable bonds is 8. The van der Waals surface area contributed by atoms with Gasteiger partial charge in [0.2, 0.25) is 5.91 Å². The Kier molecular flexibility index (Phi) is 8.36. The smallest absolute Gasteiger partial charge is 0.348 e. The van der Waals surface area contributed by atoms with Crippen molar-refractivity contribution < 1.29 is 26.4 Å². The molecule has 0 fully saturated rings. The van der Waals surface area contributed by atoms with Crippen molar-refractivity contribution in [1.82, 2.24) is 5.32 Å². The molecule has 0 aliphatic heterocycles. The molecule has 0 heterocycles. The van der Waals surface area contributed by atoms with Gasteiger partial charge in [-0.15, -0.1) is 0 Å². The molecule has 5 nitrogen and oxygen atoms in total. The quantitative estimate of drug-likeness (QED) is 0.359. The summed E-state index contributed by atoms with van der Waals surface area (Å²) in [4.78, 5) is 12.9. The third-order valence-electron chi connectivity index (χ3n) is 5.84. The van der Waals surface area contributed by atoms with Gasteiger partial charge in [0, 0.05) is 0 Å². The summed E-state index contributed by atoms with van der Waals surface area (Å²) in [6, 6.07) is 14.8. The number of hydrogen-bond acceptors (Lipinski definition) is 3. The number of nitrogens with one attached hydrogen (secondary N) is 1. The van der Waals surface area contributed by atoms with Crippen LogP contribution in [0.4, 0.5) is 18.9 Å². The predicted molar refractivity (Wildman–Crippen MR) is 135 cm³/mol. The SMILES string of the molecule is CCC(NC(=O)CN(c1cc(C(F)(F)F)ccc1Cl)S(=O)(=O)c1ccccc1)c1ccc(C)c(C)c1. The van der Waals surface area contributed by atoms with Crippen LogP contribution in [0, 0.1) is 13.8 Å². The van der Waals surface area contributed by atoms with Crippen LogP contribution in [0.1, 0.15) is 41.6 Å². The van der Waals surface area contributed by atoms with E-state index in [1.54, 1.807) is 6.07 Å². The van der Waals surface area contributed by atoms with E-state index in [0.29, 0.717) is 16.8 Å². The van der Waals surface area contributed by atoms with E-state index in [0.717, 1.165) is 28.8 Å². The molecule has 3 rings (SSSR count). The van der Waals surface area contributed by atoms with E-state index >= 15 is 0 Å². The molecule has 0 radical (unpaired) electrons. The second kappa shape index (κ2) is 10.9. The molecule has 1 atom stereocenters. The second-order valence-electron chi connectivity index (χ2n) is 8.36. The Labute approximate surface area is 213 Å². The molecule has 0 aliphatic carbocycles. The van der Waals surface area contributed by atoms with Crippen LogP contribution in [0.5, 0.6) is 0 Å². The molecular formula is C26H26ClF3N2O3S. The number of benzene rings is 3. The first-order valence-electron chi connectivity index (χ1n) is 11.2. The number of aryl methyl sites for hydroxylation is 2. The average molecular weight is 539 g/mol. The monoisotopic (exact) mass is 538 g/mol. The lowest BCUT2D eigenvalue weighted by molar-refractivity contribution is -0.137. The molecule has 0 aromatic heterocycles. The standard InChI is InChI=1S/C26H26ClF3N2O3S/c1-4-23(19-11-10-17(2)18(3)14-19)31-25(33)16-32(36(34,35)21-8-6-5-7-9-21)24-15-20(26(28,29)30)12-13-22(24)27/h5-15,23H,4,16H2,1-3H3,(H,31,33). The maximum atomic E-state index is 13.5. The highest BCUT2D eigenvalue weighted by Gasteiger charge is 2.34. The van der Waals surface area contributed by atoms with Crippen molar-refractivity contribution in [1.29, 1.82) is 0 Å². The number of hydrogen-bond donors (Lipinski definition) is 1. The van der Waals surface area contributed by atoms with E-state index in [2.05, 4.69) is 5.32 Å². The molecule has 3 aromatic carbocycles. The molecule has 3 aromatic rings. The Morgan fingerprint density at radius 3 is 2.25 bits per heavy atom. The highest BCUT2D eigenvalue weighted by Crippen LogP contribution is 2.37. The third kappa shape index (κ3) is 6.20. The lowest BCUT2D eigenvalue weighted by Crippen LogP contribution is -2.42. The number of carbonyl (C=O) groups is 1. The zero-order chi connectivity index (χ0) is 26.7. The minimum absolute atomic E-state index is 0.188. The van der Waals surface area contributed by atoms with Crippen molar-refractivity contribution in [2.75, 3.05) is 10.8 Å². The van der Waals surface area contributed by atoms with Gasteiger partial charge in [0.25, 0.3) is 10.0 Å². The maximum absolute atomic E-state index is 13.5. The molecule has 1 unspecified atom stereocenters. The zero-order valence-corrected chi connectivity index (χ0v) is 21.5. The molecule has 10 heteroatoms. The Hall–Kier alpha value is -3.04. The minimum atomic E-state index is -4.74. The number of alkyl halides is 3. The number of anilines is 1. The van der Waals surface area contributed by atoms with Crippen LogP contribution in [0.15, 0.2) is 71.6 Å². The summed E-state index contributed by atoms with van der Waals surface area (Å²) in [5.41, 5.74) is 1.42. The first-order chi connectivity index (χ1) is 16.8. The van der Waals surface area contributed by atoms with Crippen molar-refractivity contribution in [2.24, 2.45) is 0 Å². The average Bonchev–Trinajstić information content (AvgIpc) is 2.83. The fraction of sp³-hybridized carbons (Fsp3) is 0.269. The summed E-state index contributed by atoms with van der Waals surface area (Å²) < 4.78 is 67.9. The predicted octanol–water partition coefficient (Wildman–Crippen LogP) is 6.44. The summed E-state index contributed by atoms with van der Waals surface area (Å²) >= 11 is 6.17. The molecule has 1 amide bonds. The van der Waals surface area contributed by atoms with Gasteiger partial charge in [-0.2, -0.15) is 13.2 Å². The fourth-order valence-electron chi connectivity index (χ4n) is 3.67. The van der Waals surface area contributed by atoms with Crippen LogP contribution in [0.2, 0.25) is 5.02 Å². The van der Waals surface area contributed by atoms with Gasteiger partial charge in [0.15, 0.2) is 0 Å². The van der Waals surface area contributed by atoms with E-state index < -0.39 is 45.9 Å². The first-order valence-corrected chi connectivity index (χ1v) is 13.0. The van der Waals surface area contributed by atoms with E-state index in [1.165, 1.54) is 24.3 Å². The molecule has 36 heavy (non-hydrogen) atoms. The highest BCUT2D eigenvalue weighted by atomic mass is 35.5. The van der Waals surface area contributed by atoms with Gasteiger partial charge in [0.05, 0.1) is 27.2 Å². The number of nitrogens with zero attached hydrogens (tertiary/aromatic N) is 1. The normalized spacial score (nSPS) is 12.8. The van der Waals surface area contributed by atoms with Crippen LogP contribution in [-0.4, -0.2) is 20.9 Å². The lowest BCUT2D eigenvalue weighted by atomic mass is 9.99. The van der Waals surface area contributed by atoms with Crippen LogP contribution in [0.3, 0.4) is 0 Å².